The number of hydrogen-bond donors (Lipinski definition) is 1. The van der Waals surface area contributed by atoms with Gasteiger partial charge in [-0.2, -0.15) is 4.98 Å². The largest absolute Gasteiger partial charge is 0.337 e. The molecular formula is C10H19N5O2. The molecule has 0 saturated carbocycles. The zero-order valence-corrected chi connectivity index (χ0v) is 10.3. The van der Waals surface area contributed by atoms with Gasteiger partial charge in [0.2, 0.25) is 0 Å². The highest BCUT2D eigenvalue weighted by atomic mass is 16.6. The molecule has 0 amide bonds. The van der Waals surface area contributed by atoms with Crippen molar-refractivity contribution >= 4 is 0 Å². The predicted octanol–water partition coefficient (Wildman–Crippen LogP) is -0.752. The first-order valence-corrected chi connectivity index (χ1v) is 5.71. The number of rotatable bonds is 4. The Kier molecular flexibility index (Phi) is 4.06. The van der Waals surface area contributed by atoms with Crippen LogP contribution in [0.1, 0.15) is 11.7 Å². The van der Waals surface area contributed by atoms with Gasteiger partial charge in [-0.05, 0) is 14.1 Å². The smallest absolute Gasteiger partial charge is 0.254 e. The Balaban J connectivity index is 1.94. The molecule has 1 atom stereocenters. The third kappa shape index (κ3) is 3.22. The third-order valence-corrected chi connectivity index (χ3v) is 3.12. The number of aromatic nitrogens is 2. The lowest BCUT2D eigenvalue weighted by Gasteiger charge is -2.37. The summed E-state index contributed by atoms with van der Waals surface area (Å²) in [6, 6.07) is 0.429. The summed E-state index contributed by atoms with van der Waals surface area (Å²) in [5, 5.41) is 3.92. The first kappa shape index (κ1) is 12.4. The average Bonchev–Trinajstić information content (AvgIpc) is 2.72. The second kappa shape index (κ2) is 5.54. The lowest BCUT2D eigenvalue weighted by Crippen LogP contribution is -2.50. The highest BCUT2D eigenvalue weighted by molar-refractivity contribution is 4.92. The van der Waals surface area contributed by atoms with Crippen LogP contribution in [0, 0.1) is 0 Å². The van der Waals surface area contributed by atoms with Crippen molar-refractivity contribution in [1.82, 2.24) is 19.9 Å². The second-order valence-corrected chi connectivity index (χ2v) is 4.52. The molecule has 2 rings (SSSR count). The molecule has 17 heavy (non-hydrogen) atoms. The highest BCUT2D eigenvalue weighted by Crippen LogP contribution is 2.11. The lowest BCUT2D eigenvalue weighted by molar-refractivity contribution is 0.0994. The van der Waals surface area contributed by atoms with E-state index < -0.39 is 0 Å². The summed E-state index contributed by atoms with van der Waals surface area (Å²) in [5.41, 5.74) is 0. The summed E-state index contributed by atoms with van der Waals surface area (Å²) in [4.78, 5) is 13.3. The van der Waals surface area contributed by atoms with Crippen molar-refractivity contribution in [2.45, 2.75) is 19.1 Å². The van der Waals surface area contributed by atoms with Crippen LogP contribution >= 0.6 is 0 Å². The Morgan fingerprint density at radius 2 is 2.29 bits per heavy atom. The Hall–Kier alpha value is -1.02. The summed E-state index contributed by atoms with van der Waals surface area (Å²) >= 11 is 0. The highest BCUT2D eigenvalue weighted by Gasteiger charge is 2.24. The quantitative estimate of drug-likeness (QED) is 0.694. The minimum Gasteiger partial charge on any atom is -0.337 e. The van der Waals surface area contributed by atoms with E-state index in [2.05, 4.69) is 38.9 Å². The molecule has 0 aromatic carbocycles. The molecule has 2 N–H and O–H groups in total. The summed E-state index contributed by atoms with van der Waals surface area (Å²) in [6.07, 6.45) is 0.787. The summed E-state index contributed by atoms with van der Waals surface area (Å²) < 4.78 is 5.01. The first-order valence-electron chi connectivity index (χ1n) is 5.71. The zero-order valence-electron chi connectivity index (χ0n) is 10.3. The van der Waals surface area contributed by atoms with Crippen LogP contribution in [0.25, 0.3) is 0 Å². The molecule has 0 aliphatic carbocycles. The molecule has 2 heterocycles. The maximum atomic E-state index is 5.01. The topological polar surface area (TPSA) is 80.7 Å². The molecule has 96 valence electrons. The second-order valence-electron chi connectivity index (χ2n) is 4.52. The van der Waals surface area contributed by atoms with E-state index in [1.807, 2.05) is 0 Å². The van der Waals surface area contributed by atoms with Crippen molar-refractivity contribution in [2.75, 3.05) is 33.7 Å². The molecule has 1 aromatic heterocycles. The van der Waals surface area contributed by atoms with Crippen LogP contribution in [0.15, 0.2) is 4.52 Å². The van der Waals surface area contributed by atoms with Crippen molar-refractivity contribution in [2.24, 2.45) is 5.90 Å². The van der Waals surface area contributed by atoms with Crippen molar-refractivity contribution in [3.05, 3.63) is 11.7 Å². The molecule has 1 aliphatic heterocycles. The number of hydrogen-bond acceptors (Lipinski definition) is 7. The molecule has 1 aliphatic rings. The van der Waals surface area contributed by atoms with Crippen LogP contribution in [0.5, 0.6) is 0 Å². The summed E-state index contributed by atoms with van der Waals surface area (Å²) in [7, 11) is 4.26. The van der Waals surface area contributed by atoms with E-state index in [1.165, 1.54) is 0 Å². The van der Waals surface area contributed by atoms with Gasteiger partial charge in [0.15, 0.2) is 5.82 Å². The molecule has 1 fully saturated rings. The van der Waals surface area contributed by atoms with Gasteiger partial charge >= 0.3 is 0 Å². The number of nitrogens with two attached hydrogens (primary N) is 1. The first-order chi connectivity index (χ1) is 8.19. The van der Waals surface area contributed by atoms with Gasteiger partial charge in [-0.3, -0.25) is 4.84 Å². The van der Waals surface area contributed by atoms with Crippen LogP contribution in [-0.4, -0.2) is 59.7 Å². The Morgan fingerprint density at radius 3 is 3.06 bits per heavy atom. The zero-order chi connectivity index (χ0) is 12.3. The van der Waals surface area contributed by atoms with Gasteiger partial charge in [-0.15, -0.1) is 0 Å². The van der Waals surface area contributed by atoms with Crippen LogP contribution < -0.4 is 5.90 Å². The van der Waals surface area contributed by atoms with Gasteiger partial charge < -0.3 is 14.3 Å². The molecular weight excluding hydrogens is 222 g/mol. The summed E-state index contributed by atoms with van der Waals surface area (Å²) in [6.45, 7) is 3.35. The monoisotopic (exact) mass is 241 g/mol. The molecule has 0 spiro atoms. The minimum atomic E-state index is 0.160. The molecule has 1 unspecified atom stereocenters. The lowest BCUT2D eigenvalue weighted by atomic mass is 10.1. The van der Waals surface area contributed by atoms with Crippen LogP contribution in [0.2, 0.25) is 0 Å². The van der Waals surface area contributed by atoms with Gasteiger partial charge in [0.05, 0.1) is 0 Å². The predicted molar refractivity (Wildman–Crippen MR) is 60.9 cm³/mol. The summed E-state index contributed by atoms with van der Waals surface area (Å²) in [5.74, 6) is 6.09. The maximum absolute atomic E-state index is 5.01. The fraction of sp³-hybridized carbons (Fsp3) is 0.800. The van der Waals surface area contributed by atoms with E-state index in [0.29, 0.717) is 17.8 Å². The normalized spacial score (nSPS) is 23.1. The van der Waals surface area contributed by atoms with Gasteiger partial charge in [0.25, 0.3) is 5.89 Å². The molecule has 7 nitrogen and oxygen atoms in total. The number of nitrogens with zero attached hydrogens (tertiary/aromatic N) is 4. The van der Waals surface area contributed by atoms with Gasteiger partial charge in [0, 0.05) is 32.1 Å². The molecule has 1 saturated heterocycles. The SMILES string of the molecule is CN1CCN(C)C(Cc2noc(CON)n2)C1. The van der Waals surface area contributed by atoms with Crippen molar-refractivity contribution in [3.63, 3.8) is 0 Å². The van der Waals surface area contributed by atoms with Gasteiger partial charge in [-0.1, -0.05) is 5.16 Å². The molecule has 7 heteroatoms. The third-order valence-electron chi connectivity index (χ3n) is 3.12. The molecule has 1 aromatic rings. The van der Waals surface area contributed by atoms with Crippen LogP contribution in [0.3, 0.4) is 0 Å². The van der Waals surface area contributed by atoms with Gasteiger partial charge in [-0.25, -0.2) is 5.90 Å². The van der Waals surface area contributed by atoms with E-state index in [1.54, 1.807) is 0 Å². The van der Waals surface area contributed by atoms with Crippen LogP contribution in [0.4, 0.5) is 0 Å². The molecule has 0 radical (unpaired) electrons. The van der Waals surface area contributed by atoms with E-state index in [9.17, 15) is 0 Å². The fourth-order valence-corrected chi connectivity index (χ4v) is 2.04. The average molecular weight is 241 g/mol. The minimum absolute atomic E-state index is 0.160. The standard InChI is InChI=1S/C10H19N5O2/c1-14-3-4-15(2)8(6-14)5-9-12-10(7-16-11)17-13-9/h8H,3-7,11H2,1-2H3. The van der Waals surface area contributed by atoms with E-state index in [0.717, 1.165) is 26.1 Å². The Morgan fingerprint density at radius 1 is 1.47 bits per heavy atom. The van der Waals surface area contributed by atoms with E-state index in [4.69, 9.17) is 10.4 Å². The van der Waals surface area contributed by atoms with Gasteiger partial charge in [0.1, 0.15) is 6.61 Å². The van der Waals surface area contributed by atoms with Crippen molar-refractivity contribution in [3.8, 4) is 0 Å². The number of piperazine rings is 1. The van der Waals surface area contributed by atoms with E-state index >= 15 is 0 Å². The Labute approximate surface area is 100 Å². The van der Waals surface area contributed by atoms with E-state index in [-0.39, 0.29) is 6.61 Å². The number of likely N-dealkylation sites (N-methyl/N-ethyl adjacent to an activating group) is 2. The molecule has 0 bridgehead atoms. The van der Waals surface area contributed by atoms with Crippen molar-refractivity contribution < 1.29 is 9.36 Å². The van der Waals surface area contributed by atoms with Crippen LogP contribution in [-0.2, 0) is 17.9 Å². The maximum Gasteiger partial charge on any atom is 0.254 e. The fourth-order valence-electron chi connectivity index (χ4n) is 2.04. The Bertz CT molecular complexity index is 356. The van der Waals surface area contributed by atoms with Crippen molar-refractivity contribution in [1.29, 1.82) is 0 Å².